The van der Waals surface area contributed by atoms with Crippen molar-refractivity contribution in [1.29, 1.82) is 0 Å². The molecule has 0 aliphatic carbocycles. The molecule has 0 unspecified atom stereocenters. The van der Waals surface area contributed by atoms with Gasteiger partial charge in [-0.25, -0.2) is 4.79 Å². The summed E-state index contributed by atoms with van der Waals surface area (Å²) in [5.74, 6) is -0.708. The number of phenolic OH excluding ortho intramolecular Hbond substituents is 1. The Kier molecular flexibility index (Phi) is 3.78. The molecule has 0 bridgehead atoms. The molecule has 19 heavy (non-hydrogen) atoms. The van der Waals surface area contributed by atoms with E-state index >= 15 is 0 Å². The van der Waals surface area contributed by atoms with Crippen molar-refractivity contribution in [3.05, 3.63) is 65.7 Å². The van der Waals surface area contributed by atoms with Crippen molar-refractivity contribution in [2.75, 3.05) is 0 Å². The Balaban J connectivity index is 2.11. The van der Waals surface area contributed by atoms with Crippen molar-refractivity contribution >= 4 is 11.8 Å². The van der Waals surface area contributed by atoms with Crippen LogP contribution in [0, 0.1) is 0 Å². The minimum Gasteiger partial charge on any atom is -0.507 e. The SMILES string of the molecule is NC(=NOC(=O)c1ccccc1)c1ccccc1O. The zero-order chi connectivity index (χ0) is 13.7. The van der Waals surface area contributed by atoms with Crippen molar-refractivity contribution < 1.29 is 14.7 Å². The number of phenols is 1. The lowest BCUT2D eigenvalue weighted by Gasteiger charge is -2.03. The number of aromatic hydroxyl groups is 1. The van der Waals surface area contributed by atoms with Gasteiger partial charge in [0.05, 0.1) is 11.1 Å². The third kappa shape index (κ3) is 3.10. The van der Waals surface area contributed by atoms with Crippen molar-refractivity contribution in [2.45, 2.75) is 0 Å². The van der Waals surface area contributed by atoms with Crippen molar-refractivity contribution in [2.24, 2.45) is 10.9 Å². The Morgan fingerprint density at radius 3 is 2.37 bits per heavy atom. The van der Waals surface area contributed by atoms with Crippen LogP contribution < -0.4 is 5.73 Å². The van der Waals surface area contributed by atoms with Gasteiger partial charge in [-0.05, 0) is 24.3 Å². The zero-order valence-corrected chi connectivity index (χ0v) is 9.98. The molecule has 0 fully saturated rings. The topological polar surface area (TPSA) is 84.9 Å². The van der Waals surface area contributed by atoms with E-state index in [9.17, 15) is 9.90 Å². The molecule has 2 rings (SSSR count). The molecule has 0 saturated heterocycles. The Bertz CT molecular complexity index is 609. The molecule has 0 radical (unpaired) electrons. The number of oxime groups is 1. The fourth-order valence-corrected chi connectivity index (χ4v) is 1.46. The second-order valence-corrected chi connectivity index (χ2v) is 3.74. The molecule has 2 aromatic rings. The number of benzene rings is 2. The summed E-state index contributed by atoms with van der Waals surface area (Å²) in [6.45, 7) is 0. The lowest BCUT2D eigenvalue weighted by molar-refractivity contribution is 0.0516. The van der Waals surface area contributed by atoms with Gasteiger partial charge in [-0.3, -0.25) is 0 Å². The van der Waals surface area contributed by atoms with Gasteiger partial charge in [-0.2, -0.15) is 0 Å². The lowest BCUT2D eigenvalue weighted by atomic mass is 10.2. The van der Waals surface area contributed by atoms with Crippen LogP contribution in [0.15, 0.2) is 59.8 Å². The largest absolute Gasteiger partial charge is 0.507 e. The predicted octanol–water partition coefficient (Wildman–Crippen LogP) is 1.87. The number of nitrogens with zero attached hydrogens (tertiary/aromatic N) is 1. The van der Waals surface area contributed by atoms with Crippen LogP contribution >= 0.6 is 0 Å². The molecule has 96 valence electrons. The van der Waals surface area contributed by atoms with Gasteiger partial charge in [0.1, 0.15) is 5.75 Å². The summed E-state index contributed by atoms with van der Waals surface area (Å²) >= 11 is 0. The van der Waals surface area contributed by atoms with E-state index in [1.807, 2.05) is 0 Å². The smallest absolute Gasteiger partial charge is 0.365 e. The molecule has 0 heterocycles. The number of nitrogens with two attached hydrogens (primary N) is 1. The van der Waals surface area contributed by atoms with E-state index < -0.39 is 5.97 Å². The highest BCUT2D eigenvalue weighted by Crippen LogP contribution is 2.15. The van der Waals surface area contributed by atoms with Gasteiger partial charge in [-0.15, -0.1) is 0 Å². The average Bonchev–Trinajstić information content (AvgIpc) is 2.46. The summed E-state index contributed by atoms with van der Waals surface area (Å²) in [4.78, 5) is 16.3. The Morgan fingerprint density at radius 2 is 1.68 bits per heavy atom. The van der Waals surface area contributed by atoms with Crippen molar-refractivity contribution in [1.82, 2.24) is 0 Å². The Morgan fingerprint density at radius 1 is 1.05 bits per heavy atom. The minimum absolute atomic E-state index is 0.0282. The van der Waals surface area contributed by atoms with Crippen LogP contribution in [0.4, 0.5) is 0 Å². The first-order chi connectivity index (χ1) is 9.18. The van der Waals surface area contributed by atoms with Crippen LogP contribution in [0.2, 0.25) is 0 Å². The number of amidine groups is 1. The molecule has 0 aromatic heterocycles. The van der Waals surface area contributed by atoms with Crippen LogP contribution in [-0.2, 0) is 4.84 Å². The van der Waals surface area contributed by atoms with E-state index in [0.29, 0.717) is 11.1 Å². The van der Waals surface area contributed by atoms with E-state index in [1.54, 1.807) is 48.5 Å². The van der Waals surface area contributed by atoms with Gasteiger partial charge < -0.3 is 15.7 Å². The number of hydrogen-bond acceptors (Lipinski definition) is 4. The third-order valence-corrected chi connectivity index (χ3v) is 2.42. The molecule has 0 saturated carbocycles. The second-order valence-electron chi connectivity index (χ2n) is 3.74. The number of hydrogen-bond donors (Lipinski definition) is 2. The number of carbonyl (C=O) groups excluding carboxylic acids is 1. The van der Waals surface area contributed by atoms with Crippen LogP contribution in [0.1, 0.15) is 15.9 Å². The molecule has 5 heteroatoms. The number of para-hydroxylation sites is 1. The van der Waals surface area contributed by atoms with Crippen LogP contribution in [0.25, 0.3) is 0 Å². The zero-order valence-electron chi connectivity index (χ0n) is 9.98. The molecule has 2 aromatic carbocycles. The number of carbonyl (C=O) groups is 1. The van der Waals surface area contributed by atoms with Crippen LogP contribution in [-0.4, -0.2) is 16.9 Å². The lowest BCUT2D eigenvalue weighted by Crippen LogP contribution is -2.15. The first-order valence-electron chi connectivity index (χ1n) is 5.56. The maximum absolute atomic E-state index is 11.6. The maximum atomic E-state index is 11.6. The Labute approximate surface area is 109 Å². The normalized spacial score (nSPS) is 11.1. The summed E-state index contributed by atoms with van der Waals surface area (Å²) in [6.07, 6.45) is 0. The minimum atomic E-state index is -0.612. The summed E-state index contributed by atoms with van der Waals surface area (Å²) in [7, 11) is 0. The van der Waals surface area contributed by atoms with E-state index in [-0.39, 0.29) is 11.6 Å². The van der Waals surface area contributed by atoms with Gasteiger partial charge in [-0.1, -0.05) is 35.5 Å². The van der Waals surface area contributed by atoms with Gasteiger partial charge in [0.15, 0.2) is 5.84 Å². The van der Waals surface area contributed by atoms with Gasteiger partial charge in [0.25, 0.3) is 0 Å². The summed E-state index contributed by atoms with van der Waals surface area (Å²) in [6, 6.07) is 14.8. The maximum Gasteiger partial charge on any atom is 0.365 e. The monoisotopic (exact) mass is 256 g/mol. The van der Waals surface area contributed by atoms with Crippen LogP contribution in [0.3, 0.4) is 0 Å². The molecule has 0 aliphatic heterocycles. The summed E-state index contributed by atoms with van der Waals surface area (Å²) < 4.78 is 0. The molecule has 0 atom stereocenters. The molecular weight excluding hydrogens is 244 g/mol. The molecule has 0 amide bonds. The molecule has 0 aliphatic rings. The van der Waals surface area contributed by atoms with E-state index in [2.05, 4.69) is 5.16 Å². The van der Waals surface area contributed by atoms with E-state index in [4.69, 9.17) is 10.6 Å². The molecule has 0 spiro atoms. The fraction of sp³-hybridized carbons (Fsp3) is 0. The van der Waals surface area contributed by atoms with Gasteiger partial charge in [0, 0.05) is 0 Å². The highest BCUT2D eigenvalue weighted by Gasteiger charge is 2.08. The molecule has 5 nitrogen and oxygen atoms in total. The van der Waals surface area contributed by atoms with E-state index in [1.165, 1.54) is 6.07 Å². The van der Waals surface area contributed by atoms with Crippen molar-refractivity contribution in [3.8, 4) is 5.75 Å². The highest BCUT2D eigenvalue weighted by atomic mass is 16.7. The van der Waals surface area contributed by atoms with Crippen LogP contribution in [0.5, 0.6) is 5.75 Å². The summed E-state index contributed by atoms with van der Waals surface area (Å²) in [5, 5.41) is 13.1. The first-order valence-corrected chi connectivity index (χ1v) is 5.56. The van der Waals surface area contributed by atoms with Gasteiger partial charge in [0.2, 0.25) is 0 Å². The highest BCUT2D eigenvalue weighted by molar-refractivity contribution is 6.00. The Hall–Kier alpha value is -2.82. The second kappa shape index (κ2) is 5.68. The quantitative estimate of drug-likeness (QED) is 0.380. The molecule has 3 N–H and O–H groups in total. The predicted molar refractivity (Wildman–Crippen MR) is 70.7 cm³/mol. The third-order valence-electron chi connectivity index (χ3n) is 2.42. The number of rotatable bonds is 3. The first kappa shape index (κ1) is 12.6. The standard InChI is InChI=1S/C14H12N2O3/c15-13(11-8-4-5-9-12(11)17)16-19-14(18)10-6-2-1-3-7-10/h1-9,17H,(H2,15,16). The van der Waals surface area contributed by atoms with E-state index in [0.717, 1.165) is 0 Å². The van der Waals surface area contributed by atoms with Crippen molar-refractivity contribution in [3.63, 3.8) is 0 Å². The fourth-order valence-electron chi connectivity index (χ4n) is 1.46. The molecular formula is C14H12N2O3. The average molecular weight is 256 g/mol. The summed E-state index contributed by atoms with van der Waals surface area (Å²) in [5.41, 5.74) is 6.32. The van der Waals surface area contributed by atoms with Gasteiger partial charge >= 0.3 is 5.97 Å².